The molecule has 1 saturated carbocycles. The third-order valence-corrected chi connectivity index (χ3v) is 2.65. The molecule has 2 amide bonds. The van der Waals surface area contributed by atoms with Crippen molar-refractivity contribution in [3.05, 3.63) is 12.7 Å². The zero-order chi connectivity index (χ0) is 12.8. The summed E-state index contributed by atoms with van der Waals surface area (Å²) in [5.74, 6) is -0.958. The Balaban J connectivity index is 2.66. The Hall–Kier alpha value is -1.52. The molecule has 17 heavy (non-hydrogen) atoms. The van der Waals surface area contributed by atoms with Crippen molar-refractivity contribution in [1.82, 2.24) is 9.80 Å². The van der Waals surface area contributed by atoms with Gasteiger partial charge in [0.1, 0.15) is 6.54 Å². The van der Waals surface area contributed by atoms with Gasteiger partial charge in [-0.05, 0) is 19.3 Å². The van der Waals surface area contributed by atoms with Gasteiger partial charge in [0.05, 0.1) is 0 Å². The molecule has 1 fully saturated rings. The summed E-state index contributed by atoms with van der Waals surface area (Å²) in [7, 11) is 0. The maximum absolute atomic E-state index is 12.2. The van der Waals surface area contributed by atoms with E-state index in [1.165, 1.54) is 4.90 Å². The lowest BCUT2D eigenvalue weighted by atomic mass is 10.4. The lowest BCUT2D eigenvalue weighted by Gasteiger charge is -2.28. The first-order valence-electron chi connectivity index (χ1n) is 5.98. The number of hydrogen-bond donors (Lipinski definition) is 1. The molecule has 1 aliphatic rings. The third kappa shape index (κ3) is 4.09. The maximum Gasteiger partial charge on any atom is 0.323 e. The minimum atomic E-state index is -0.958. The highest BCUT2D eigenvalue weighted by atomic mass is 16.4. The SMILES string of the molecule is C=CCN(CCC)C(=O)N(CC(=O)O)C1CC1. The zero-order valence-electron chi connectivity index (χ0n) is 10.3. The van der Waals surface area contributed by atoms with E-state index in [2.05, 4.69) is 6.58 Å². The van der Waals surface area contributed by atoms with Gasteiger partial charge in [0, 0.05) is 19.1 Å². The summed E-state index contributed by atoms with van der Waals surface area (Å²) in [6.45, 7) is 6.50. The molecule has 0 bridgehead atoms. The fourth-order valence-electron chi connectivity index (χ4n) is 1.76. The van der Waals surface area contributed by atoms with Crippen molar-refractivity contribution >= 4 is 12.0 Å². The predicted octanol–water partition coefficient (Wildman–Crippen LogP) is 1.55. The number of hydrogen-bond acceptors (Lipinski definition) is 2. The van der Waals surface area contributed by atoms with Crippen LogP contribution in [0.25, 0.3) is 0 Å². The first-order chi connectivity index (χ1) is 8.10. The molecule has 0 heterocycles. The highest BCUT2D eigenvalue weighted by Gasteiger charge is 2.35. The van der Waals surface area contributed by atoms with Crippen LogP contribution in [0.3, 0.4) is 0 Å². The summed E-state index contributed by atoms with van der Waals surface area (Å²) in [5, 5.41) is 8.82. The maximum atomic E-state index is 12.2. The molecule has 0 aromatic carbocycles. The summed E-state index contributed by atoms with van der Waals surface area (Å²) in [6.07, 6.45) is 4.34. The lowest BCUT2D eigenvalue weighted by molar-refractivity contribution is -0.137. The Labute approximate surface area is 102 Å². The van der Waals surface area contributed by atoms with Crippen LogP contribution in [-0.4, -0.2) is 52.6 Å². The molecule has 0 spiro atoms. The van der Waals surface area contributed by atoms with Crippen molar-refractivity contribution in [3.8, 4) is 0 Å². The van der Waals surface area contributed by atoms with Crippen molar-refractivity contribution in [2.24, 2.45) is 0 Å². The van der Waals surface area contributed by atoms with Gasteiger partial charge < -0.3 is 14.9 Å². The van der Waals surface area contributed by atoms with Gasteiger partial charge in [0.25, 0.3) is 0 Å². The van der Waals surface area contributed by atoms with Gasteiger partial charge in [-0.2, -0.15) is 0 Å². The van der Waals surface area contributed by atoms with Crippen molar-refractivity contribution in [2.45, 2.75) is 32.2 Å². The fraction of sp³-hybridized carbons (Fsp3) is 0.667. The molecule has 5 heteroatoms. The van der Waals surface area contributed by atoms with Crippen molar-refractivity contribution in [2.75, 3.05) is 19.6 Å². The summed E-state index contributed by atoms with van der Waals surface area (Å²) >= 11 is 0. The Morgan fingerprint density at radius 3 is 2.53 bits per heavy atom. The average Bonchev–Trinajstić information content (AvgIpc) is 3.08. The van der Waals surface area contributed by atoms with Gasteiger partial charge in [0.15, 0.2) is 0 Å². The van der Waals surface area contributed by atoms with Crippen molar-refractivity contribution < 1.29 is 14.7 Å². The van der Waals surface area contributed by atoms with E-state index < -0.39 is 5.97 Å². The molecular weight excluding hydrogens is 220 g/mol. The molecule has 96 valence electrons. The van der Waals surface area contributed by atoms with Crippen LogP contribution < -0.4 is 0 Å². The second kappa shape index (κ2) is 6.27. The Morgan fingerprint density at radius 2 is 2.12 bits per heavy atom. The Bertz CT molecular complexity index is 300. The Morgan fingerprint density at radius 1 is 1.47 bits per heavy atom. The van der Waals surface area contributed by atoms with Crippen LogP contribution in [0.5, 0.6) is 0 Å². The highest BCUT2D eigenvalue weighted by Crippen LogP contribution is 2.27. The summed E-state index contributed by atoms with van der Waals surface area (Å²) in [6, 6.07) is -0.0700. The highest BCUT2D eigenvalue weighted by molar-refractivity contribution is 5.81. The molecule has 0 atom stereocenters. The summed E-state index contributed by atoms with van der Waals surface area (Å²) in [5.41, 5.74) is 0. The van der Waals surface area contributed by atoms with Gasteiger partial charge in [-0.3, -0.25) is 4.79 Å². The zero-order valence-corrected chi connectivity index (χ0v) is 10.3. The second-order valence-electron chi connectivity index (χ2n) is 4.27. The molecule has 1 aliphatic carbocycles. The lowest BCUT2D eigenvalue weighted by Crippen LogP contribution is -2.46. The molecule has 0 aromatic heterocycles. The molecule has 0 aliphatic heterocycles. The van der Waals surface area contributed by atoms with Crippen LogP contribution in [0, 0.1) is 0 Å². The number of nitrogens with zero attached hydrogens (tertiary/aromatic N) is 2. The minimum absolute atomic E-state index is 0.114. The van der Waals surface area contributed by atoms with Crippen molar-refractivity contribution in [3.63, 3.8) is 0 Å². The minimum Gasteiger partial charge on any atom is -0.480 e. The number of carbonyl (C=O) groups excluding carboxylic acids is 1. The second-order valence-corrected chi connectivity index (χ2v) is 4.27. The number of aliphatic carboxylic acids is 1. The topological polar surface area (TPSA) is 60.9 Å². The van der Waals surface area contributed by atoms with Crippen molar-refractivity contribution in [1.29, 1.82) is 0 Å². The van der Waals surface area contributed by atoms with Gasteiger partial charge in [-0.1, -0.05) is 13.0 Å². The van der Waals surface area contributed by atoms with Crippen LogP contribution in [0.1, 0.15) is 26.2 Å². The smallest absolute Gasteiger partial charge is 0.323 e. The molecule has 1 rings (SSSR count). The third-order valence-electron chi connectivity index (χ3n) is 2.65. The van der Waals surface area contributed by atoms with E-state index in [1.54, 1.807) is 11.0 Å². The van der Waals surface area contributed by atoms with E-state index in [9.17, 15) is 9.59 Å². The fourth-order valence-corrected chi connectivity index (χ4v) is 1.76. The number of carboxylic acid groups (broad SMARTS) is 1. The van der Waals surface area contributed by atoms with Crippen LogP contribution >= 0.6 is 0 Å². The summed E-state index contributed by atoms with van der Waals surface area (Å²) in [4.78, 5) is 26.0. The average molecular weight is 240 g/mol. The number of carboxylic acids is 1. The molecule has 0 saturated heterocycles. The van der Waals surface area contributed by atoms with Crippen LogP contribution in [-0.2, 0) is 4.79 Å². The molecule has 0 radical (unpaired) electrons. The first kappa shape index (κ1) is 13.5. The number of rotatable bonds is 7. The molecular formula is C12H20N2O3. The van der Waals surface area contributed by atoms with E-state index >= 15 is 0 Å². The quantitative estimate of drug-likeness (QED) is 0.687. The first-order valence-corrected chi connectivity index (χ1v) is 5.98. The number of carbonyl (C=O) groups is 2. The van der Waals surface area contributed by atoms with Crippen LogP contribution in [0.15, 0.2) is 12.7 Å². The molecule has 5 nitrogen and oxygen atoms in total. The number of urea groups is 1. The van der Waals surface area contributed by atoms with Gasteiger partial charge in [0.2, 0.25) is 0 Å². The van der Waals surface area contributed by atoms with Crippen LogP contribution in [0.4, 0.5) is 4.79 Å². The van der Waals surface area contributed by atoms with E-state index in [1.807, 2.05) is 6.92 Å². The van der Waals surface area contributed by atoms with Gasteiger partial charge in [-0.15, -0.1) is 6.58 Å². The van der Waals surface area contributed by atoms with Gasteiger partial charge >= 0.3 is 12.0 Å². The molecule has 1 N–H and O–H groups in total. The Kier molecular flexibility index (Phi) is 5.00. The van der Waals surface area contributed by atoms with Crippen LogP contribution in [0.2, 0.25) is 0 Å². The van der Waals surface area contributed by atoms with E-state index in [4.69, 9.17) is 5.11 Å². The van der Waals surface area contributed by atoms with Gasteiger partial charge in [-0.25, -0.2) is 4.79 Å². The van der Waals surface area contributed by atoms with E-state index in [0.717, 1.165) is 19.3 Å². The van der Waals surface area contributed by atoms with E-state index in [-0.39, 0.29) is 18.6 Å². The molecule has 0 unspecified atom stereocenters. The number of amides is 2. The standard InChI is InChI=1S/C12H20N2O3/c1-3-7-13(8-4-2)12(17)14(9-11(15)16)10-5-6-10/h3,10H,1,4-9H2,2H3,(H,15,16). The monoisotopic (exact) mass is 240 g/mol. The normalized spacial score (nSPS) is 14.2. The summed E-state index contributed by atoms with van der Waals surface area (Å²) < 4.78 is 0. The predicted molar refractivity (Wildman–Crippen MR) is 64.8 cm³/mol. The molecule has 0 aromatic rings. The van der Waals surface area contributed by atoms with E-state index in [0.29, 0.717) is 13.1 Å². The largest absolute Gasteiger partial charge is 0.480 e.